The molecule has 0 N–H and O–H groups in total. The van der Waals surface area contributed by atoms with Gasteiger partial charge in [0.25, 0.3) is 0 Å². The Bertz CT molecular complexity index is 477. The lowest BCUT2D eigenvalue weighted by molar-refractivity contribution is 0.122. The fourth-order valence-corrected chi connectivity index (χ4v) is 1.91. The Morgan fingerprint density at radius 3 is 2.94 bits per heavy atom. The van der Waals surface area contributed by atoms with E-state index in [-0.39, 0.29) is 0 Å². The molecule has 17 heavy (non-hydrogen) atoms. The number of morpholine rings is 1. The summed E-state index contributed by atoms with van der Waals surface area (Å²) in [5.74, 6) is 0.815. The van der Waals surface area contributed by atoms with Gasteiger partial charge in [-0.3, -0.25) is 0 Å². The van der Waals surface area contributed by atoms with E-state index in [1.807, 2.05) is 18.3 Å². The molecule has 0 spiro atoms. The normalized spacial score (nSPS) is 16.1. The van der Waals surface area contributed by atoms with E-state index >= 15 is 0 Å². The number of ether oxygens (including phenoxy) is 1. The summed E-state index contributed by atoms with van der Waals surface area (Å²) in [5.41, 5.74) is 1.16. The molecule has 3 heterocycles. The van der Waals surface area contributed by atoms with E-state index in [0.29, 0.717) is 0 Å². The van der Waals surface area contributed by atoms with Crippen LogP contribution in [0.2, 0.25) is 0 Å². The fraction of sp³-hybridized carbons (Fsp3) is 0.333. The molecule has 87 valence electrons. The third-order valence-corrected chi connectivity index (χ3v) is 2.79. The summed E-state index contributed by atoms with van der Waals surface area (Å²) < 4.78 is 7.06. The summed E-state index contributed by atoms with van der Waals surface area (Å²) in [7, 11) is 0. The average Bonchev–Trinajstić information content (AvgIpc) is 2.94. The molecule has 1 fully saturated rings. The van der Waals surface area contributed by atoms with Crippen LogP contribution in [-0.4, -0.2) is 41.1 Å². The molecule has 1 aliphatic rings. The topological polar surface area (TPSA) is 43.2 Å². The Morgan fingerprint density at radius 2 is 2.18 bits per heavy atom. The summed E-state index contributed by atoms with van der Waals surface area (Å²) in [5, 5.41) is 4.13. The van der Waals surface area contributed by atoms with Crippen LogP contribution in [0.3, 0.4) is 0 Å². The van der Waals surface area contributed by atoms with Crippen molar-refractivity contribution in [2.45, 2.75) is 0 Å². The summed E-state index contributed by atoms with van der Waals surface area (Å²) in [6.07, 6.45) is 5.20. The summed E-state index contributed by atoms with van der Waals surface area (Å²) >= 11 is 0. The standard InChI is InChI=1S/C12H13N4O/c1-3-14-16(5-1)12-10-11(2-4-13-12)15-6-8-17-9-7-15/h2-5,10H,6-9H2. The molecule has 0 unspecified atom stereocenters. The second kappa shape index (κ2) is 4.55. The quantitative estimate of drug-likeness (QED) is 0.767. The SMILES string of the molecule is [c]1cnn(-c2cc(N3CCOCC3)ccn2)c1. The molecule has 0 amide bonds. The van der Waals surface area contributed by atoms with Gasteiger partial charge in [-0.25, -0.2) is 9.67 Å². The lowest BCUT2D eigenvalue weighted by Gasteiger charge is -2.28. The van der Waals surface area contributed by atoms with Crippen molar-refractivity contribution in [3.63, 3.8) is 0 Å². The highest BCUT2D eigenvalue weighted by molar-refractivity contribution is 5.50. The predicted octanol–water partition coefficient (Wildman–Crippen LogP) is 0.904. The second-order valence-corrected chi connectivity index (χ2v) is 3.86. The molecule has 1 saturated heterocycles. The van der Waals surface area contributed by atoms with E-state index in [4.69, 9.17) is 4.74 Å². The Morgan fingerprint density at radius 1 is 1.29 bits per heavy atom. The van der Waals surface area contributed by atoms with Crippen molar-refractivity contribution in [3.05, 3.63) is 36.8 Å². The van der Waals surface area contributed by atoms with E-state index in [1.165, 1.54) is 0 Å². The lowest BCUT2D eigenvalue weighted by atomic mass is 10.3. The van der Waals surface area contributed by atoms with Gasteiger partial charge in [0.05, 0.1) is 19.4 Å². The lowest BCUT2D eigenvalue weighted by Crippen LogP contribution is -2.36. The molecular formula is C12H13N4O. The monoisotopic (exact) mass is 229 g/mol. The third kappa shape index (κ3) is 2.14. The van der Waals surface area contributed by atoms with E-state index in [0.717, 1.165) is 37.8 Å². The van der Waals surface area contributed by atoms with Gasteiger partial charge in [-0.2, -0.15) is 5.10 Å². The van der Waals surface area contributed by atoms with Crippen LogP contribution in [0, 0.1) is 6.07 Å². The van der Waals surface area contributed by atoms with E-state index < -0.39 is 0 Å². The average molecular weight is 229 g/mol. The number of rotatable bonds is 2. The first-order valence-corrected chi connectivity index (χ1v) is 5.63. The van der Waals surface area contributed by atoms with Crippen LogP contribution in [0.25, 0.3) is 5.82 Å². The second-order valence-electron chi connectivity index (χ2n) is 3.86. The van der Waals surface area contributed by atoms with Crippen molar-refractivity contribution in [1.29, 1.82) is 0 Å². The van der Waals surface area contributed by atoms with Crippen LogP contribution in [0.5, 0.6) is 0 Å². The Hall–Kier alpha value is -1.88. The van der Waals surface area contributed by atoms with Crippen LogP contribution in [0.15, 0.2) is 30.7 Å². The van der Waals surface area contributed by atoms with Crippen molar-refractivity contribution >= 4 is 5.69 Å². The van der Waals surface area contributed by atoms with Crippen LogP contribution >= 0.6 is 0 Å². The molecule has 2 aromatic rings. The minimum Gasteiger partial charge on any atom is -0.378 e. The Labute approximate surface area is 99.6 Å². The van der Waals surface area contributed by atoms with Gasteiger partial charge in [-0.1, -0.05) is 0 Å². The number of hydrogen-bond donors (Lipinski definition) is 0. The number of nitrogens with zero attached hydrogens (tertiary/aromatic N) is 4. The maximum Gasteiger partial charge on any atom is 0.155 e. The maximum atomic E-state index is 5.34. The van der Waals surface area contributed by atoms with Gasteiger partial charge in [0.2, 0.25) is 0 Å². The molecule has 3 rings (SSSR count). The molecule has 1 radical (unpaired) electrons. The van der Waals surface area contributed by atoms with Crippen LogP contribution in [-0.2, 0) is 4.74 Å². The zero-order valence-electron chi connectivity index (χ0n) is 9.41. The smallest absolute Gasteiger partial charge is 0.155 e. The van der Waals surface area contributed by atoms with Crippen molar-refractivity contribution < 1.29 is 4.74 Å². The first-order valence-electron chi connectivity index (χ1n) is 5.63. The van der Waals surface area contributed by atoms with Gasteiger partial charge in [-0.05, 0) is 6.07 Å². The zero-order valence-corrected chi connectivity index (χ0v) is 9.41. The van der Waals surface area contributed by atoms with Crippen molar-refractivity contribution in [3.8, 4) is 5.82 Å². The number of aromatic nitrogens is 3. The molecule has 2 aromatic heterocycles. The Kier molecular flexibility index (Phi) is 2.75. The first kappa shape index (κ1) is 10.3. The van der Waals surface area contributed by atoms with Gasteiger partial charge in [-0.15, -0.1) is 0 Å². The summed E-state index contributed by atoms with van der Waals surface area (Å²) in [6.45, 7) is 3.42. The van der Waals surface area contributed by atoms with E-state index in [1.54, 1.807) is 17.1 Å². The minimum atomic E-state index is 0.785. The maximum absolute atomic E-state index is 5.34. The third-order valence-electron chi connectivity index (χ3n) is 2.79. The fourth-order valence-electron chi connectivity index (χ4n) is 1.91. The number of hydrogen-bond acceptors (Lipinski definition) is 4. The van der Waals surface area contributed by atoms with E-state index in [2.05, 4.69) is 21.0 Å². The predicted molar refractivity (Wildman–Crippen MR) is 63.2 cm³/mol. The molecule has 5 heteroatoms. The first-order chi connectivity index (χ1) is 8.43. The molecule has 5 nitrogen and oxygen atoms in total. The molecule has 0 saturated carbocycles. The van der Waals surface area contributed by atoms with Gasteiger partial charge >= 0.3 is 0 Å². The largest absolute Gasteiger partial charge is 0.378 e. The van der Waals surface area contributed by atoms with E-state index in [9.17, 15) is 0 Å². The number of anilines is 1. The Balaban J connectivity index is 1.88. The van der Waals surface area contributed by atoms with Crippen molar-refractivity contribution in [2.75, 3.05) is 31.2 Å². The molecule has 0 aromatic carbocycles. The molecular weight excluding hydrogens is 216 g/mol. The van der Waals surface area contributed by atoms with Gasteiger partial charge < -0.3 is 9.64 Å². The molecule has 1 aliphatic heterocycles. The number of pyridine rings is 1. The van der Waals surface area contributed by atoms with Crippen molar-refractivity contribution in [1.82, 2.24) is 14.8 Å². The molecule has 0 atom stereocenters. The highest BCUT2D eigenvalue weighted by atomic mass is 16.5. The van der Waals surface area contributed by atoms with Gasteiger partial charge in [0.1, 0.15) is 0 Å². The molecule has 0 aliphatic carbocycles. The molecule has 0 bridgehead atoms. The zero-order chi connectivity index (χ0) is 11.5. The van der Waals surface area contributed by atoms with Crippen LogP contribution < -0.4 is 4.90 Å². The minimum absolute atomic E-state index is 0.785. The van der Waals surface area contributed by atoms with Crippen molar-refractivity contribution in [2.24, 2.45) is 0 Å². The highest BCUT2D eigenvalue weighted by Crippen LogP contribution is 2.17. The van der Waals surface area contributed by atoms with Gasteiger partial charge in [0.15, 0.2) is 5.82 Å². The summed E-state index contributed by atoms with van der Waals surface area (Å²) in [6, 6.07) is 6.96. The van der Waals surface area contributed by atoms with Crippen LogP contribution in [0.1, 0.15) is 0 Å². The van der Waals surface area contributed by atoms with Gasteiger partial charge in [0, 0.05) is 43.3 Å². The highest BCUT2D eigenvalue weighted by Gasteiger charge is 2.12. The van der Waals surface area contributed by atoms with Crippen LogP contribution in [0.4, 0.5) is 5.69 Å². The summed E-state index contributed by atoms with van der Waals surface area (Å²) in [4.78, 5) is 6.59.